The van der Waals surface area contributed by atoms with Crippen LogP contribution in [0.25, 0.3) is 0 Å². The van der Waals surface area contributed by atoms with Crippen LogP contribution in [0.3, 0.4) is 0 Å². The Morgan fingerprint density at radius 3 is 1.59 bits per heavy atom. The van der Waals surface area contributed by atoms with Crippen LogP contribution in [0.4, 0.5) is 0 Å². The van der Waals surface area contributed by atoms with Crippen molar-refractivity contribution in [3.63, 3.8) is 0 Å². The SMILES string of the molecule is CC1(COCCCOCCOCC2(C)OCCO2)OCCO1. The van der Waals surface area contributed by atoms with Crippen molar-refractivity contribution in [2.45, 2.75) is 31.8 Å². The summed E-state index contributed by atoms with van der Waals surface area (Å²) in [5, 5.41) is 0. The van der Waals surface area contributed by atoms with Gasteiger partial charge in [0.1, 0.15) is 13.2 Å². The Hall–Kier alpha value is -0.280. The third-order valence-electron chi connectivity index (χ3n) is 3.47. The molecule has 2 rings (SSSR count). The van der Waals surface area contributed by atoms with Crippen molar-refractivity contribution < 1.29 is 33.2 Å². The zero-order chi connectivity index (χ0) is 15.7. The highest BCUT2D eigenvalue weighted by Gasteiger charge is 2.31. The lowest BCUT2D eigenvalue weighted by Crippen LogP contribution is -2.32. The molecule has 0 saturated carbocycles. The van der Waals surface area contributed by atoms with Gasteiger partial charge in [-0.05, 0) is 20.3 Å². The van der Waals surface area contributed by atoms with E-state index in [2.05, 4.69) is 0 Å². The fourth-order valence-corrected chi connectivity index (χ4v) is 2.28. The van der Waals surface area contributed by atoms with E-state index in [-0.39, 0.29) is 0 Å². The Balaban J connectivity index is 1.34. The van der Waals surface area contributed by atoms with Crippen molar-refractivity contribution in [1.82, 2.24) is 0 Å². The van der Waals surface area contributed by atoms with E-state index in [1.165, 1.54) is 0 Å². The van der Waals surface area contributed by atoms with Gasteiger partial charge in [-0.25, -0.2) is 0 Å². The maximum Gasteiger partial charge on any atom is 0.189 e. The van der Waals surface area contributed by atoms with E-state index >= 15 is 0 Å². The third kappa shape index (κ3) is 6.45. The monoisotopic (exact) mass is 320 g/mol. The third-order valence-corrected chi connectivity index (χ3v) is 3.47. The summed E-state index contributed by atoms with van der Waals surface area (Å²) in [5.74, 6) is -1.16. The Bertz CT molecular complexity index is 268. The molecule has 0 bridgehead atoms. The second kappa shape index (κ2) is 9.12. The molecule has 7 heteroatoms. The molecule has 0 spiro atoms. The number of ether oxygens (including phenoxy) is 7. The molecule has 22 heavy (non-hydrogen) atoms. The molecular formula is C15H28O7. The Morgan fingerprint density at radius 1 is 0.636 bits per heavy atom. The molecule has 0 atom stereocenters. The number of hydrogen-bond donors (Lipinski definition) is 0. The van der Waals surface area contributed by atoms with Crippen LogP contribution in [0, 0.1) is 0 Å². The Morgan fingerprint density at radius 2 is 1.05 bits per heavy atom. The maximum atomic E-state index is 5.53. The first-order valence-electron chi connectivity index (χ1n) is 7.91. The molecule has 2 aliphatic heterocycles. The first-order valence-corrected chi connectivity index (χ1v) is 7.91. The molecule has 7 nitrogen and oxygen atoms in total. The van der Waals surface area contributed by atoms with E-state index in [0.29, 0.717) is 66.1 Å². The van der Waals surface area contributed by atoms with Gasteiger partial charge in [0.15, 0.2) is 11.6 Å². The van der Waals surface area contributed by atoms with E-state index in [1.54, 1.807) is 0 Å². The van der Waals surface area contributed by atoms with Crippen molar-refractivity contribution in [1.29, 1.82) is 0 Å². The van der Waals surface area contributed by atoms with Gasteiger partial charge in [0.2, 0.25) is 0 Å². The van der Waals surface area contributed by atoms with Crippen molar-refractivity contribution in [2.24, 2.45) is 0 Å². The molecule has 2 fully saturated rings. The molecule has 0 aromatic heterocycles. The summed E-state index contributed by atoms with van der Waals surface area (Å²) in [6.07, 6.45) is 0.833. The largest absolute Gasteiger partial charge is 0.379 e. The molecule has 0 N–H and O–H groups in total. The van der Waals surface area contributed by atoms with Gasteiger partial charge in [-0.15, -0.1) is 0 Å². The smallest absolute Gasteiger partial charge is 0.189 e. The molecule has 0 unspecified atom stereocenters. The lowest BCUT2D eigenvalue weighted by molar-refractivity contribution is -0.183. The Kier molecular flexibility index (Phi) is 7.49. The topological polar surface area (TPSA) is 64.6 Å². The van der Waals surface area contributed by atoms with Gasteiger partial charge < -0.3 is 33.2 Å². The van der Waals surface area contributed by atoms with Gasteiger partial charge in [-0.3, -0.25) is 0 Å². The zero-order valence-corrected chi connectivity index (χ0v) is 13.6. The average Bonchev–Trinajstić information content (AvgIpc) is 3.11. The lowest BCUT2D eigenvalue weighted by atomic mass is 10.3. The van der Waals surface area contributed by atoms with Crippen LogP contribution in [0.15, 0.2) is 0 Å². The summed E-state index contributed by atoms with van der Waals surface area (Å²) in [4.78, 5) is 0. The van der Waals surface area contributed by atoms with Crippen LogP contribution in [0.1, 0.15) is 20.3 Å². The summed E-state index contributed by atoms with van der Waals surface area (Å²) in [6, 6.07) is 0. The van der Waals surface area contributed by atoms with Crippen molar-refractivity contribution in [2.75, 3.05) is 66.1 Å². The second-order valence-corrected chi connectivity index (χ2v) is 5.73. The molecule has 0 aromatic rings. The summed E-state index contributed by atoms with van der Waals surface area (Å²) >= 11 is 0. The summed E-state index contributed by atoms with van der Waals surface area (Å²) in [6.45, 7) is 9.56. The fraction of sp³-hybridized carbons (Fsp3) is 1.00. The summed E-state index contributed by atoms with van der Waals surface area (Å²) in [5.41, 5.74) is 0. The van der Waals surface area contributed by atoms with Gasteiger partial charge in [-0.2, -0.15) is 0 Å². The van der Waals surface area contributed by atoms with Crippen LogP contribution in [-0.2, 0) is 33.2 Å². The van der Waals surface area contributed by atoms with Crippen LogP contribution < -0.4 is 0 Å². The van der Waals surface area contributed by atoms with Gasteiger partial charge in [0.05, 0.1) is 39.6 Å². The Labute approximate surface area is 132 Å². The molecule has 2 heterocycles. The van der Waals surface area contributed by atoms with E-state index < -0.39 is 11.6 Å². The molecule has 0 aromatic carbocycles. The predicted molar refractivity (Wildman–Crippen MR) is 77.7 cm³/mol. The number of rotatable bonds is 11. The van der Waals surface area contributed by atoms with Gasteiger partial charge in [0.25, 0.3) is 0 Å². The van der Waals surface area contributed by atoms with Gasteiger partial charge in [0, 0.05) is 13.2 Å². The fourth-order valence-electron chi connectivity index (χ4n) is 2.28. The number of hydrogen-bond acceptors (Lipinski definition) is 7. The predicted octanol–water partition coefficient (Wildman–Crippen LogP) is 0.952. The lowest BCUT2D eigenvalue weighted by Gasteiger charge is -2.22. The first kappa shape index (κ1) is 18.1. The molecule has 2 saturated heterocycles. The minimum absolute atomic E-state index is 0.429. The summed E-state index contributed by atoms with van der Waals surface area (Å²) < 4.78 is 38.3. The molecule has 0 amide bonds. The first-order chi connectivity index (χ1) is 10.6. The standard InChI is InChI=1S/C15H28O7/c1-14(19-8-9-20-14)12-17-5-3-4-16-6-7-18-13-15(2)21-10-11-22-15/h3-13H2,1-2H3. The second-order valence-electron chi connectivity index (χ2n) is 5.73. The van der Waals surface area contributed by atoms with Crippen LogP contribution >= 0.6 is 0 Å². The average molecular weight is 320 g/mol. The van der Waals surface area contributed by atoms with Gasteiger partial charge >= 0.3 is 0 Å². The van der Waals surface area contributed by atoms with Crippen molar-refractivity contribution in [3.8, 4) is 0 Å². The molecule has 130 valence electrons. The van der Waals surface area contributed by atoms with Crippen LogP contribution in [0.2, 0.25) is 0 Å². The van der Waals surface area contributed by atoms with Crippen molar-refractivity contribution >= 4 is 0 Å². The molecule has 0 aliphatic carbocycles. The highest BCUT2D eigenvalue weighted by Crippen LogP contribution is 2.19. The van der Waals surface area contributed by atoms with E-state index in [9.17, 15) is 0 Å². The van der Waals surface area contributed by atoms with Crippen LogP contribution in [-0.4, -0.2) is 77.6 Å². The maximum absolute atomic E-state index is 5.53. The molecule has 0 radical (unpaired) electrons. The minimum Gasteiger partial charge on any atom is -0.379 e. The zero-order valence-electron chi connectivity index (χ0n) is 13.6. The quantitative estimate of drug-likeness (QED) is 0.525. The van der Waals surface area contributed by atoms with E-state index in [4.69, 9.17) is 33.2 Å². The van der Waals surface area contributed by atoms with Crippen LogP contribution in [0.5, 0.6) is 0 Å². The van der Waals surface area contributed by atoms with Gasteiger partial charge in [-0.1, -0.05) is 0 Å². The van der Waals surface area contributed by atoms with E-state index in [0.717, 1.165) is 6.42 Å². The van der Waals surface area contributed by atoms with E-state index in [1.807, 2.05) is 13.8 Å². The summed E-state index contributed by atoms with van der Waals surface area (Å²) in [7, 11) is 0. The molecule has 2 aliphatic rings. The normalized spacial score (nSPS) is 23.2. The minimum atomic E-state index is -0.589. The highest BCUT2D eigenvalue weighted by atomic mass is 16.8. The van der Waals surface area contributed by atoms with Crippen molar-refractivity contribution in [3.05, 3.63) is 0 Å². The molecular weight excluding hydrogens is 292 g/mol. The highest BCUT2D eigenvalue weighted by molar-refractivity contribution is 4.67.